The van der Waals surface area contributed by atoms with Gasteiger partial charge < -0.3 is 4.74 Å². The molecule has 0 N–H and O–H groups in total. The molecule has 0 unspecified atom stereocenters. The molecule has 0 aromatic heterocycles. The topological polar surface area (TPSA) is 32.8 Å². The fraction of sp³-hybridized carbons (Fsp3) is 0.357. The van der Waals surface area contributed by atoms with Crippen LogP contribution in [-0.4, -0.2) is 43.2 Å². The molecule has 0 saturated heterocycles. The predicted octanol–water partition coefficient (Wildman–Crippen LogP) is 2.12. The molecular weight excluding hydrogens is 264 g/mol. The number of hydrazine groups is 1. The molecule has 19 heavy (non-hydrogen) atoms. The predicted molar refractivity (Wildman–Crippen MR) is 78.9 cm³/mol. The lowest BCUT2D eigenvalue weighted by Crippen LogP contribution is -2.38. The minimum absolute atomic E-state index is 0. The third-order valence-electron chi connectivity index (χ3n) is 2.53. The van der Waals surface area contributed by atoms with Crippen LogP contribution in [0.3, 0.4) is 0 Å². The van der Waals surface area contributed by atoms with Gasteiger partial charge in [0, 0.05) is 33.3 Å². The molecule has 0 spiro atoms. The van der Waals surface area contributed by atoms with E-state index >= 15 is 0 Å². The Hall–Kier alpha value is -1.36. The summed E-state index contributed by atoms with van der Waals surface area (Å²) in [4.78, 5) is 10.9. The summed E-state index contributed by atoms with van der Waals surface area (Å²) in [6.07, 6.45) is 1.18. The lowest BCUT2D eigenvalue weighted by Gasteiger charge is -2.28. The number of hydrogen-bond acceptors (Lipinski definition) is 4. The molecular formula is C14H21ClN2O2. The van der Waals surface area contributed by atoms with Crippen molar-refractivity contribution in [1.82, 2.24) is 10.0 Å². The summed E-state index contributed by atoms with van der Waals surface area (Å²) in [5.74, 6) is -0.381. The van der Waals surface area contributed by atoms with Gasteiger partial charge in [0.1, 0.15) is 6.61 Å². The van der Waals surface area contributed by atoms with E-state index < -0.39 is 0 Å². The first kappa shape index (κ1) is 17.6. The second kappa shape index (κ2) is 9.55. The first-order valence-corrected chi connectivity index (χ1v) is 5.88. The highest BCUT2D eigenvalue weighted by molar-refractivity contribution is 5.85. The molecule has 4 nitrogen and oxygen atoms in total. The van der Waals surface area contributed by atoms with Crippen molar-refractivity contribution in [2.24, 2.45) is 0 Å². The second-order valence-corrected chi connectivity index (χ2v) is 4.09. The number of carbonyl (C=O) groups is 1. The Kier molecular flexibility index (Phi) is 8.87. The van der Waals surface area contributed by atoms with Crippen molar-refractivity contribution in [2.75, 3.05) is 27.2 Å². The monoisotopic (exact) mass is 284 g/mol. The summed E-state index contributed by atoms with van der Waals surface area (Å²) in [6, 6.07) is 10.2. The van der Waals surface area contributed by atoms with E-state index in [0.29, 0.717) is 13.2 Å². The normalized spacial score (nSPS) is 10.1. The van der Waals surface area contributed by atoms with Gasteiger partial charge in [-0.25, -0.2) is 14.8 Å². The van der Waals surface area contributed by atoms with Gasteiger partial charge >= 0.3 is 5.97 Å². The highest BCUT2D eigenvalue weighted by Crippen LogP contribution is 2.05. The van der Waals surface area contributed by atoms with Gasteiger partial charge in [-0.1, -0.05) is 36.9 Å². The van der Waals surface area contributed by atoms with E-state index in [1.807, 2.05) is 37.3 Å². The van der Waals surface area contributed by atoms with Crippen molar-refractivity contribution in [3.63, 3.8) is 0 Å². The number of nitrogens with zero attached hydrogens (tertiary/aromatic N) is 2. The summed E-state index contributed by atoms with van der Waals surface area (Å²) in [6.45, 7) is 5.17. The van der Waals surface area contributed by atoms with E-state index in [1.54, 1.807) is 0 Å². The Morgan fingerprint density at radius 1 is 1.32 bits per heavy atom. The Labute approximate surface area is 121 Å². The highest BCUT2D eigenvalue weighted by atomic mass is 35.5. The average Bonchev–Trinajstić information content (AvgIpc) is 2.38. The van der Waals surface area contributed by atoms with Gasteiger partial charge in [0.15, 0.2) is 0 Å². The lowest BCUT2D eigenvalue weighted by molar-refractivity contribution is -0.139. The van der Waals surface area contributed by atoms with Crippen LogP contribution in [0.25, 0.3) is 0 Å². The minimum Gasteiger partial charge on any atom is -0.461 e. The number of hydrogen-bond donors (Lipinski definition) is 0. The number of ether oxygens (including phenoxy) is 1. The first-order valence-electron chi connectivity index (χ1n) is 5.88. The number of benzene rings is 1. The summed E-state index contributed by atoms with van der Waals surface area (Å²) >= 11 is 0. The Morgan fingerprint density at radius 3 is 2.47 bits per heavy atom. The van der Waals surface area contributed by atoms with Crippen LogP contribution in [-0.2, 0) is 16.1 Å². The molecule has 0 fully saturated rings. The van der Waals surface area contributed by atoms with Crippen molar-refractivity contribution in [2.45, 2.75) is 6.54 Å². The van der Waals surface area contributed by atoms with Crippen molar-refractivity contribution in [3.05, 3.63) is 48.6 Å². The SMILES string of the molecule is C=CC(=O)OCCN(Cc1ccccc1)N(C)C.Cl. The van der Waals surface area contributed by atoms with E-state index in [4.69, 9.17) is 4.74 Å². The zero-order valence-corrected chi connectivity index (χ0v) is 12.2. The van der Waals surface area contributed by atoms with Gasteiger partial charge in [-0.15, -0.1) is 12.4 Å². The molecule has 0 heterocycles. The van der Waals surface area contributed by atoms with E-state index in [0.717, 1.165) is 6.54 Å². The summed E-state index contributed by atoms with van der Waals surface area (Å²) in [5, 5.41) is 4.10. The Balaban J connectivity index is 0.00000324. The smallest absolute Gasteiger partial charge is 0.330 e. The van der Waals surface area contributed by atoms with Crippen LogP contribution < -0.4 is 0 Å². The van der Waals surface area contributed by atoms with E-state index in [2.05, 4.69) is 23.7 Å². The number of esters is 1. The molecule has 1 aromatic carbocycles. The Morgan fingerprint density at radius 2 is 1.95 bits per heavy atom. The molecule has 1 aromatic rings. The van der Waals surface area contributed by atoms with Crippen molar-refractivity contribution >= 4 is 18.4 Å². The van der Waals surface area contributed by atoms with Gasteiger partial charge in [-0.2, -0.15) is 0 Å². The molecule has 0 aliphatic carbocycles. The van der Waals surface area contributed by atoms with Crippen LogP contribution in [0.2, 0.25) is 0 Å². The molecule has 5 heteroatoms. The molecule has 0 atom stereocenters. The van der Waals surface area contributed by atoms with Gasteiger partial charge in [0.2, 0.25) is 0 Å². The molecule has 0 saturated carbocycles. The van der Waals surface area contributed by atoms with Gasteiger partial charge in [0.05, 0.1) is 0 Å². The first-order chi connectivity index (χ1) is 8.63. The summed E-state index contributed by atoms with van der Waals surface area (Å²) in [7, 11) is 3.94. The van der Waals surface area contributed by atoms with Crippen LogP contribution in [0.5, 0.6) is 0 Å². The average molecular weight is 285 g/mol. The maximum Gasteiger partial charge on any atom is 0.330 e. The number of rotatable bonds is 7. The van der Waals surface area contributed by atoms with Crippen LogP contribution in [0.4, 0.5) is 0 Å². The quantitative estimate of drug-likeness (QED) is 0.436. The van der Waals surface area contributed by atoms with Gasteiger partial charge in [-0.05, 0) is 5.56 Å². The van der Waals surface area contributed by atoms with Gasteiger partial charge in [0.25, 0.3) is 0 Å². The van der Waals surface area contributed by atoms with Crippen LogP contribution >= 0.6 is 12.4 Å². The van der Waals surface area contributed by atoms with Crippen LogP contribution in [0, 0.1) is 0 Å². The molecule has 0 aliphatic heterocycles. The zero-order valence-electron chi connectivity index (χ0n) is 11.4. The van der Waals surface area contributed by atoms with Crippen LogP contribution in [0.15, 0.2) is 43.0 Å². The molecule has 0 amide bonds. The lowest BCUT2D eigenvalue weighted by atomic mass is 10.2. The number of halogens is 1. The van der Waals surface area contributed by atoms with Crippen molar-refractivity contribution in [3.8, 4) is 0 Å². The third kappa shape index (κ3) is 6.96. The second-order valence-electron chi connectivity index (χ2n) is 4.09. The zero-order chi connectivity index (χ0) is 13.4. The van der Waals surface area contributed by atoms with E-state index in [9.17, 15) is 4.79 Å². The van der Waals surface area contributed by atoms with E-state index in [1.165, 1.54) is 11.6 Å². The fourth-order valence-electron chi connectivity index (χ4n) is 1.53. The molecule has 106 valence electrons. The number of carbonyl (C=O) groups excluding carboxylic acids is 1. The van der Waals surface area contributed by atoms with Crippen molar-refractivity contribution in [1.29, 1.82) is 0 Å². The standard InChI is InChI=1S/C14H20N2O2.ClH/c1-4-14(17)18-11-10-16(15(2)3)12-13-8-6-5-7-9-13;/h4-9H,1,10-12H2,2-3H3;1H. The fourth-order valence-corrected chi connectivity index (χ4v) is 1.53. The third-order valence-corrected chi connectivity index (χ3v) is 2.53. The largest absolute Gasteiger partial charge is 0.461 e. The maximum atomic E-state index is 10.9. The van der Waals surface area contributed by atoms with Gasteiger partial charge in [-0.3, -0.25) is 0 Å². The molecule has 0 radical (unpaired) electrons. The molecule has 1 rings (SSSR count). The maximum absolute atomic E-state index is 10.9. The molecule has 0 aliphatic rings. The van der Waals surface area contributed by atoms with Crippen LogP contribution in [0.1, 0.15) is 5.56 Å². The molecule has 0 bridgehead atoms. The summed E-state index contributed by atoms with van der Waals surface area (Å²) < 4.78 is 4.98. The minimum atomic E-state index is -0.381. The highest BCUT2D eigenvalue weighted by Gasteiger charge is 2.08. The Bertz CT molecular complexity index is 382. The van der Waals surface area contributed by atoms with E-state index in [-0.39, 0.29) is 18.4 Å². The van der Waals surface area contributed by atoms with Crippen molar-refractivity contribution < 1.29 is 9.53 Å². The summed E-state index contributed by atoms with van der Waals surface area (Å²) in [5.41, 5.74) is 1.22.